The van der Waals surface area contributed by atoms with E-state index in [1.54, 1.807) is 0 Å². The SMILES string of the molecule is CCn1nc(C)c2nc(N)n(CC3(C(C)C)CC3)c21. The molecule has 0 bridgehead atoms. The van der Waals surface area contributed by atoms with Gasteiger partial charge in [-0.3, -0.25) is 4.57 Å². The van der Waals surface area contributed by atoms with Crippen LogP contribution in [-0.2, 0) is 13.1 Å². The van der Waals surface area contributed by atoms with Gasteiger partial charge in [-0.15, -0.1) is 0 Å². The number of nitrogens with zero attached hydrogens (tertiary/aromatic N) is 4. The molecule has 0 unspecified atom stereocenters. The van der Waals surface area contributed by atoms with Crippen molar-refractivity contribution in [1.82, 2.24) is 19.3 Å². The topological polar surface area (TPSA) is 61.7 Å². The monoisotopic (exact) mass is 261 g/mol. The predicted octanol–water partition coefficient (Wildman–Crippen LogP) is 2.58. The summed E-state index contributed by atoms with van der Waals surface area (Å²) >= 11 is 0. The average Bonchev–Trinajstić information content (AvgIpc) is 3.00. The summed E-state index contributed by atoms with van der Waals surface area (Å²) in [7, 11) is 0. The Hall–Kier alpha value is -1.52. The molecule has 3 rings (SSSR count). The molecule has 19 heavy (non-hydrogen) atoms. The molecular weight excluding hydrogens is 238 g/mol. The molecule has 0 radical (unpaired) electrons. The van der Waals surface area contributed by atoms with Gasteiger partial charge in [0.15, 0.2) is 5.65 Å². The molecule has 0 amide bonds. The van der Waals surface area contributed by atoms with Gasteiger partial charge >= 0.3 is 0 Å². The molecule has 5 heteroatoms. The van der Waals surface area contributed by atoms with Gasteiger partial charge in [0.1, 0.15) is 5.52 Å². The van der Waals surface area contributed by atoms with Crippen molar-refractivity contribution in [1.29, 1.82) is 0 Å². The van der Waals surface area contributed by atoms with E-state index in [2.05, 4.69) is 35.4 Å². The summed E-state index contributed by atoms with van der Waals surface area (Å²) in [4.78, 5) is 4.51. The Morgan fingerprint density at radius 2 is 2.05 bits per heavy atom. The van der Waals surface area contributed by atoms with E-state index in [1.807, 2.05) is 11.6 Å². The summed E-state index contributed by atoms with van der Waals surface area (Å²) in [5.74, 6) is 1.31. The summed E-state index contributed by atoms with van der Waals surface area (Å²) in [6.45, 7) is 10.5. The fraction of sp³-hybridized carbons (Fsp3) is 0.714. The number of aryl methyl sites for hydroxylation is 2. The van der Waals surface area contributed by atoms with Crippen molar-refractivity contribution in [2.75, 3.05) is 5.73 Å². The van der Waals surface area contributed by atoms with E-state index in [4.69, 9.17) is 5.73 Å². The first-order valence-electron chi connectivity index (χ1n) is 7.17. The Balaban J connectivity index is 2.10. The zero-order valence-electron chi connectivity index (χ0n) is 12.3. The first-order chi connectivity index (χ1) is 8.98. The summed E-state index contributed by atoms with van der Waals surface area (Å²) < 4.78 is 4.19. The van der Waals surface area contributed by atoms with E-state index in [1.165, 1.54) is 12.8 Å². The van der Waals surface area contributed by atoms with E-state index in [0.717, 1.165) is 29.9 Å². The van der Waals surface area contributed by atoms with Crippen LogP contribution in [0.25, 0.3) is 11.2 Å². The lowest BCUT2D eigenvalue weighted by Crippen LogP contribution is -2.20. The van der Waals surface area contributed by atoms with E-state index in [9.17, 15) is 0 Å². The fourth-order valence-corrected chi connectivity index (χ4v) is 3.01. The summed E-state index contributed by atoms with van der Waals surface area (Å²) in [6, 6.07) is 0. The molecule has 5 nitrogen and oxygen atoms in total. The standard InChI is InChI=1S/C14H23N5/c1-5-19-12-11(10(4)17-19)16-13(15)18(12)8-14(6-7-14)9(2)3/h9H,5-8H2,1-4H3,(H2,15,16). The minimum atomic E-state index is 0.415. The number of aromatic nitrogens is 4. The first kappa shape index (κ1) is 12.5. The van der Waals surface area contributed by atoms with Crippen molar-refractivity contribution < 1.29 is 0 Å². The molecule has 2 aromatic rings. The van der Waals surface area contributed by atoms with Gasteiger partial charge in [-0.2, -0.15) is 5.10 Å². The highest BCUT2D eigenvalue weighted by atomic mass is 15.4. The summed E-state index contributed by atoms with van der Waals surface area (Å²) in [6.07, 6.45) is 2.59. The molecule has 104 valence electrons. The number of rotatable bonds is 4. The van der Waals surface area contributed by atoms with E-state index in [0.29, 0.717) is 17.3 Å². The Morgan fingerprint density at radius 3 is 2.58 bits per heavy atom. The van der Waals surface area contributed by atoms with Crippen LogP contribution in [-0.4, -0.2) is 19.3 Å². The van der Waals surface area contributed by atoms with Crippen molar-refractivity contribution in [2.24, 2.45) is 11.3 Å². The maximum absolute atomic E-state index is 6.14. The molecule has 1 aliphatic rings. The highest BCUT2D eigenvalue weighted by molar-refractivity contribution is 5.77. The van der Waals surface area contributed by atoms with E-state index < -0.39 is 0 Å². The quantitative estimate of drug-likeness (QED) is 0.920. The number of anilines is 1. The molecule has 1 saturated carbocycles. The third-order valence-corrected chi connectivity index (χ3v) is 4.72. The number of imidazole rings is 1. The van der Waals surface area contributed by atoms with Crippen LogP contribution < -0.4 is 5.73 Å². The summed E-state index contributed by atoms with van der Waals surface area (Å²) in [5.41, 5.74) is 9.57. The molecule has 0 atom stereocenters. The zero-order chi connectivity index (χ0) is 13.8. The molecule has 2 aromatic heterocycles. The van der Waals surface area contributed by atoms with E-state index in [-0.39, 0.29) is 0 Å². The molecule has 0 aliphatic heterocycles. The minimum Gasteiger partial charge on any atom is -0.369 e. The highest BCUT2D eigenvalue weighted by Crippen LogP contribution is 2.53. The lowest BCUT2D eigenvalue weighted by molar-refractivity contribution is 0.312. The van der Waals surface area contributed by atoms with Gasteiger partial charge in [-0.05, 0) is 38.0 Å². The molecular formula is C14H23N5. The van der Waals surface area contributed by atoms with Crippen LogP contribution in [0.15, 0.2) is 0 Å². The molecule has 0 aromatic carbocycles. The zero-order valence-corrected chi connectivity index (χ0v) is 12.3. The largest absolute Gasteiger partial charge is 0.369 e. The van der Waals surface area contributed by atoms with Crippen LogP contribution >= 0.6 is 0 Å². The number of hydrogen-bond donors (Lipinski definition) is 1. The van der Waals surface area contributed by atoms with Gasteiger partial charge in [-0.1, -0.05) is 13.8 Å². The van der Waals surface area contributed by atoms with Crippen molar-refractivity contribution in [3.8, 4) is 0 Å². The van der Waals surface area contributed by atoms with Gasteiger partial charge < -0.3 is 5.73 Å². The maximum atomic E-state index is 6.14. The lowest BCUT2D eigenvalue weighted by atomic mass is 9.92. The highest BCUT2D eigenvalue weighted by Gasteiger charge is 2.46. The minimum absolute atomic E-state index is 0.415. The Kier molecular flexibility index (Phi) is 2.62. The molecule has 0 spiro atoms. The molecule has 2 heterocycles. The van der Waals surface area contributed by atoms with Crippen LogP contribution in [0.5, 0.6) is 0 Å². The second-order valence-corrected chi connectivity index (χ2v) is 6.15. The first-order valence-corrected chi connectivity index (χ1v) is 7.17. The van der Waals surface area contributed by atoms with Crippen LogP contribution in [0, 0.1) is 18.3 Å². The number of hydrogen-bond acceptors (Lipinski definition) is 3. The smallest absolute Gasteiger partial charge is 0.202 e. The second kappa shape index (κ2) is 3.99. The van der Waals surface area contributed by atoms with Gasteiger partial charge in [-0.25, -0.2) is 9.67 Å². The number of nitrogen functional groups attached to an aromatic ring is 1. The van der Waals surface area contributed by atoms with Gasteiger partial charge in [0, 0.05) is 13.1 Å². The molecule has 2 N–H and O–H groups in total. The third kappa shape index (κ3) is 1.75. The average molecular weight is 261 g/mol. The number of fused-ring (bicyclic) bond motifs is 1. The Bertz CT molecular complexity index is 615. The van der Waals surface area contributed by atoms with Crippen molar-refractivity contribution >= 4 is 17.1 Å². The van der Waals surface area contributed by atoms with Crippen LogP contribution in [0.2, 0.25) is 0 Å². The van der Waals surface area contributed by atoms with Gasteiger partial charge in [0.2, 0.25) is 5.95 Å². The molecule has 1 aliphatic carbocycles. The summed E-state index contributed by atoms with van der Waals surface area (Å²) in [5, 5.41) is 4.54. The van der Waals surface area contributed by atoms with Gasteiger partial charge in [0.05, 0.1) is 5.69 Å². The van der Waals surface area contributed by atoms with Crippen molar-refractivity contribution in [2.45, 2.75) is 53.6 Å². The fourth-order valence-electron chi connectivity index (χ4n) is 3.01. The van der Waals surface area contributed by atoms with Crippen LogP contribution in [0.4, 0.5) is 5.95 Å². The Morgan fingerprint density at radius 1 is 1.37 bits per heavy atom. The van der Waals surface area contributed by atoms with Crippen molar-refractivity contribution in [3.63, 3.8) is 0 Å². The number of nitrogens with two attached hydrogens (primary N) is 1. The molecule has 0 saturated heterocycles. The van der Waals surface area contributed by atoms with Crippen LogP contribution in [0.1, 0.15) is 39.3 Å². The third-order valence-electron chi connectivity index (χ3n) is 4.72. The van der Waals surface area contributed by atoms with Crippen LogP contribution in [0.3, 0.4) is 0 Å². The predicted molar refractivity (Wildman–Crippen MR) is 76.8 cm³/mol. The lowest BCUT2D eigenvalue weighted by Gasteiger charge is -2.21. The normalized spacial score (nSPS) is 17.5. The van der Waals surface area contributed by atoms with Gasteiger partial charge in [0.25, 0.3) is 0 Å². The van der Waals surface area contributed by atoms with E-state index >= 15 is 0 Å². The molecule has 1 fully saturated rings. The second-order valence-electron chi connectivity index (χ2n) is 6.15. The maximum Gasteiger partial charge on any atom is 0.202 e. The Labute approximate surface area is 113 Å². The van der Waals surface area contributed by atoms with Crippen molar-refractivity contribution in [3.05, 3.63) is 5.69 Å².